The molecule has 0 spiro atoms. The van der Waals surface area contributed by atoms with E-state index in [1.165, 1.54) is 10.8 Å². The number of imidazole rings is 1. The van der Waals surface area contributed by atoms with Crippen LogP contribution < -0.4 is 5.69 Å². The third kappa shape index (κ3) is 1.10. The first-order valence-electron chi connectivity index (χ1n) is 3.97. The number of rotatable bonds is 1. The van der Waals surface area contributed by atoms with Crippen molar-refractivity contribution in [3.8, 4) is 0 Å². The molecule has 13 heavy (non-hydrogen) atoms. The summed E-state index contributed by atoms with van der Waals surface area (Å²) in [7, 11) is 0. The van der Waals surface area contributed by atoms with Crippen LogP contribution in [0.4, 0.5) is 0 Å². The molecule has 0 aliphatic carbocycles. The Morgan fingerprint density at radius 3 is 2.85 bits per heavy atom. The van der Waals surface area contributed by atoms with Gasteiger partial charge in [-0.05, 0) is 13.8 Å². The van der Waals surface area contributed by atoms with Crippen LogP contribution in [0.1, 0.15) is 19.9 Å². The van der Waals surface area contributed by atoms with Gasteiger partial charge in [-0.25, -0.2) is 4.79 Å². The molecule has 0 aromatic carbocycles. The Balaban J connectivity index is 2.82. The predicted octanol–water partition coefficient (Wildman–Crippen LogP) is -0.133. The summed E-state index contributed by atoms with van der Waals surface area (Å²) in [6, 6.07) is 0.107. The molecule has 0 fully saturated rings. The lowest BCUT2D eigenvalue weighted by Crippen LogP contribution is -2.22. The molecule has 0 N–H and O–H groups in total. The first-order chi connectivity index (χ1) is 6.20. The Kier molecular flexibility index (Phi) is 1.61. The maximum absolute atomic E-state index is 11.6. The average molecular weight is 179 g/mol. The number of hydrogen-bond donors (Lipinski definition) is 0. The fraction of sp³-hybridized carbons (Fsp3) is 0.429. The molecule has 0 saturated carbocycles. The van der Waals surface area contributed by atoms with Gasteiger partial charge < -0.3 is 0 Å². The van der Waals surface area contributed by atoms with Crippen molar-refractivity contribution in [2.45, 2.75) is 19.9 Å². The highest BCUT2D eigenvalue weighted by molar-refractivity contribution is 5.31. The Bertz CT molecular complexity index is 483. The number of hydrogen-bond acceptors (Lipinski definition) is 4. The Hall–Kier alpha value is -1.72. The van der Waals surface area contributed by atoms with Gasteiger partial charge >= 0.3 is 5.69 Å². The van der Waals surface area contributed by atoms with Gasteiger partial charge in [0.2, 0.25) is 0 Å². The van der Waals surface area contributed by atoms with E-state index in [0.717, 1.165) is 0 Å². The van der Waals surface area contributed by atoms with Gasteiger partial charge in [-0.15, -0.1) is 15.3 Å². The first kappa shape index (κ1) is 7.90. The molecule has 2 rings (SSSR count). The highest BCUT2D eigenvalue weighted by Crippen LogP contribution is 2.01. The largest absolute Gasteiger partial charge is 0.351 e. The van der Waals surface area contributed by atoms with Crippen molar-refractivity contribution in [1.82, 2.24) is 24.4 Å². The van der Waals surface area contributed by atoms with Crippen LogP contribution in [0.5, 0.6) is 0 Å². The molecule has 0 aliphatic rings. The maximum Gasteiger partial charge on any atom is 0.351 e. The number of aromatic nitrogens is 5. The van der Waals surface area contributed by atoms with E-state index in [0.29, 0.717) is 5.65 Å². The predicted molar refractivity (Wildman–Crippen MR) is 45.4 cm³/mol. The lowest BCUT2D eigenvalue weighted by Gasteiger charge is -2.01. The van der Waals surface area contributed by atoms with Crippen molar-refractivity contribution < 1.29 is 0 Å². The second-order valence-electron chi connectivity index (χ2n) is 3.03. The van der Waals surface area contributed by atoms with Crippen molar-refractivity contribution in [2.75, 3.05) is 0 Å². The van der Waals surface area contributed by atoms with Crippen LogP contribution >= 0.6 is 0 Å². The topological polar surface area (TPSA) is 65.1 Å². The molecule has 2 aromatic rings. The second kappa shape index (κ2) is 2.65. The minimum absolute atomic E-state index is 0.107. The SMILES string of the molecule is CC(C)n1cc2nncnn2c1=O. The van der Waals surface area contributed by atoms with Gasteiger partial charge in [0.15, 0.2) is 12.0 Å². The van der Waals surface area contributed by atoms with E-state index in [4.69, 9.17) is 0 Å². The normalized spacial score (nSPS) is 11.3. The van der Waals surface area contributed by atoms with Crippen molar-refractivity contribution in [3.63, 3.8) is 0 Å². The van der Waals surface area contributed by atoms with Crippen LogP contribution in [0.2, 0.25) is 0 Å². The van der Waals surface area contributed by atoms with E-state index in [-0.39, 0.29) is 11.7 Å². The standard InChI is InChI=1S/C7H9N5O/c1-5(2)11-3-6-10-8-4-9-12(6)7(11)13/h3-5H,1-2H3. The molecule has 68 valence electrons. The van der Waals surface area contributed by atoms with Crippen molar-refractivity contribution >= 4 is 5.65 Å². The van der Waals surface area contributed by atoms with Crippen molar-refractivity contribution in [2.24, 2.45) is 0 Å². The minimum Gasteiger partial charge on any atom is -0.293 e. The van der Waals surface area contributed by atoms with Crippen molar-refractivity contribution in [1.29, 1.82) is 0 Å². The fourth-order valence-corrected chi connectivity index (χ4v) is 1.15. The van der Waals surface area contributed by atoms with E-state index >= 15 is 0 Å². The smallest absolute Gasteiger partial charge is 0.293 e. The molecule has 0 saturated heterocycles. The van der Waals surface area contributed by atoms with Crippen LogP contribution in [0, 0.1) is 0 Å². The lowest BCUT2D eigenvalue weighted by molar-refractivity contribution is 0.569. The van der Waals surface area contributed by atoms with Crippen LogP contribution in [0.15, 0.2) is 17.3 Å². The van der Waals surface area contributed by atoms with Gasteiger partial charge in [-0.1, -0.05) is 0 Å². The zero-order valence-corrected chi connectivity index (χ0v) is 7.38. The fourth-order valence-electron chi connectivity index (χ4n) is 1.15. The number of fused-ring (bicyclic) bond motifs is 1. The van der Waals surface area contributed by atoms with Gasteiger partial charge in [0, 0.05) is 6.04 Å². The van der Waals surface area contributed by atoms with Crippen LogP contribution in [-0.4, -0.2) is 24.4 Å². The van der Waals surface area contributed by atoms with Gasteiger partial charge in [-0.3, -0.25) is 4.57 Å². The monoisotopic (exact) mass is 179 g/mol. The van der Waals surface area contributed by atoms with Gasteiger partial charge in [0.25, 0.3) is 0 Å². The highest BCUT2D eigenvalue weighted by Gasteiger charge is 2.08. The Morgan fingerprint density at radius 2 is 2.23 bits per heavy atom. The zero-order chi connectivity index (χ0) is 9.42. The molecule has 6 nitrogen and oxygen atoms in total. The summed E-state index contributed by atoms with van der Waals surface area (Å²) in [6.45, 7) is 3.85. The molecule has 2 heterocycles. The summed E-state index contributed by atoms with van der Waals surface area (Å²) < 4.78 is 2.80. The first-order valence-corrected chi connectivity index (χ1v) is 3.97. The van der Waals surface area contributed by atoms with E-state index in [1.807, 2.05) is 13.8 Å². The summed E-state index contributed by atoms with van der Waals surface area (Å²) >= 11 is 0. The van der Waals surface area contributed by atoms with E-state index in [2.05, 4.69) is 15.3 Å². The Labute approximate surface area is 73.8 Å². The third-order valence-electron chi connectivity index (χ3n) is 1.81. The Morgan fingerprint density at radius 1 is 1.46 bits per heavy atom. The third-order valence-corrected chi connectivity index (χ3v) is 1.81. The number of nitrogens with zero attached hydrogens (tertiary/aromatic N) is 5. The van der Waals surface area contributed by atoms with E-state index in [1.54, 1.807) is 10.8 Å². The maximum atomic E-state index is 11.6. The van der Waals surface area contributed by atoms with Crippen LogP contribution in [0.3, 0.4) is 0 Å². The van der Waals surface area contributed by atoms with Crippen LogP contribution in [-0.2, 0) is 0 Å². The van der Waals surface area contributed by atoms with Crippen molar-refractivity contribution in [3.05, 3.63) is 23.0 Å². The molecule has 0 radical (unpaired) electrons. The van der Waals surface area contributed by atoms with E-state index < -0.39 is 0 Å². The van der Waals surface area contributed by atoms with Crippen LogP contribution in [0.25, 0.3) is 5.65 Å². The summed E-state index contributed by atoms with van der Waals surface area (Å²) in [6.07, 6.45) is 2.89. The lowest BCUT2D eigenvalue weighted by atomic mass is 10.4. The molecular formula is C7H9N5O. The molecule has 0 bridgehead atoms. The molecule has 0 amide bonds. The summed E-state index contributed by atoms with van der Waals surface area (Å²) in [5, 5.41) is 11.2. The molecule has 0 atom stereocenters. The van der Waals surface area contributed by atoms with E-state index in [9.17, 15) is 4.79 Å². The quantitative estimate of drug-likeness (QED) is 0.611. The molecule has 0 aliphatic heterocycles. The molecule has 0 unspecified atom stereocenters. The second-order valence-corrected chi connectivity index (χ2v) is 3.03. The zero-order valence-electron chi connectivity index (χ0n) is 7.38. The highest BCUT2D eigenvalue weighted by atomic mass is 16.2. The molecule has 2 aromatic heterocycles. The summed E-state index contributed by atoms with van der Waals surface area (Å²) in [5.74, 6) is 0. The van der Waals surface area contributed by atoms with Gasteiger partial charge in [-0.2, -0.15) is 4.52 Å². The minimum atomic E-state index is -0.181. The van der Waals surface area contributed by atoms with Gasteiger partial charge in [0.05, 0.1) is 6.20 Å². The van der Waals surface area contributed by atoms with Gasteiger partial charge in [0.1, 0.15) is 0 Å². The molecular weight excluding hydrogens is 170 g/mol. The average Bonchev–Trinajstić information content (AvgIpc) is 2.45. The summed E-state index contributed by atoms with van der Waals surface area (Å²) in [5.41, 5.74) is 0.293. The molecule has 6 heteroatoms. The summed E-state index contributed by atoms with van der Waals surface area (Å²) in [4.78, 5) is 11.6.